The molecule has 1 aliphatic rings. The zero-order valence-corrected chi connectivity index (χ0v) is 40.3. The maximum atomic E-state index is 2.68. The molecular formula is C54H64Fe4N4. The zero-order chi connectivity index (χ0) is 40.0. The Labute approximate surface area is 416 Å². The molecule has 0 spiro atoms. The second kappa shape index (κ2) is 37.1. The number of hydrogen-bond donors (Lipinski definition) is 0. The Balaban J connectivity index is 0.000000651. The van der Waals surface area contributed by atoms with Crippen molar-refractivity contribution in [1.29, 1.82) is 0 Å². The Morgan fingerprint density at radius 3 is 0.581 bits per heavy atom. The first-order chi connectivity index (χ1) is 28.8. The Kier molecular flexibility index (Phi) is 34.0. The van der Waals surface area contributed by atoms with E-state index in [2.05, 4.69) is 117 Å². The first kappa shape index (κ1) is 56.7. The summed E-state index contributed by atoms with van der Waals surface area (Å²) < 4.78 is 0. The third-order valence-corrected chi connectivity index (χ3v) is 10.1. The topological polar surface area (TPSA) is 13.0 Å². The fourth-order valence-corrected chi connectivity index (χ4v) is 7.07. The van der Waals surface area contributed by atoms with Crippen molar-refractivity contribution in [3.8, 4) is 0 Å². The molecule has 0 aromatic heterocycles. The molecule has 9 rings (SSSR count). The van der Waals surface area contributed by atoms with E-state index in [-0.39, 0.29) is 68.3 Å². The molecule has 0 amide bonds. The fourth-order valence-electron chi connectivity index (χ4n) is 7.07. The van der Waals surface area contributed by atoms with E-state index in [0.29, 0.717) is 0 Å². The summed E-state index contributed by atoms with van der Waals surface area (Å²) in [4.78, 5) is 10.7. The molecule has 0 bridgehead atoms. The largest absolute Gasteiger partial charge is 2.00 e. The van der Waals surface area contributed by atoms with Gasteiger partial charge in [0.05, 0.1) is 0 Å². The second-order valence-corrected chi connectivity index (χ2v) is 14.8. The standard InChI is InChI=1S/C34H44N4.4C5H5.4Fe/c1-2-12-31(11-1)27-35-19-9-20-37(29-33-15-5-6-16-33)25-26-38(30-34-17-7-8-18-34)22-10-21-36(24-23-35)28-32-13-3-4-14-32;4*1-2-4-5-3-1;;;;/h1-8,11-18H,9-10,19-30H2;4*1-5H;;;;/q-4;4*-1;4*+2. The van der Waals surface area contributed by atoms with Gasteiger partial charge in [-0.25, -0.2) is 97.1 Å². The number of rotatable bonds is 8. The molecule has 0 N–H and O–H groups in total. The van der Waals surface area contributed by atoms with Crippen LogP contribution < -0.4 is 0 Å². The van der Waals surface area contributed by atoms with Gasteiger partial charge in [-0.05, 0) is 65.2 Å². The van der Waals surface area contributed by atoms with Crippen molar-refractivity contribution >= 4 is 0 Å². The molecular weight excluding hydrogens is 928 g/mol. The van der Waals surface area contributed by atoms with E-state index in [4.69, 9.17) is 0 Å². The maximum Gasteiger partial charge on any atom is 2.00 e. The summed E-state index contributed by atoms with van der Waals surface area (Å²) >= 11 is 0. The van der Waals surface area contributed by atoms with E-state index in [1.165, 1.54) is 35.1 Å². The molecule has 8 aromatic carbocycles. The van der Waals surface area contributed by atoms with Gasteiger partial charge in [0, 0.05) is 26.2 Å². The normalized spacial score (nSPS) is 13.9. The van der Waals surface area contributed by atoms with Gasteiger partial charge >= 0.3 is 68.3 Å². The van der Waals surface area contributed by atoms with Gasteiger partial charge < -0.3 is 19.6 Å². The van der Waals surface area contributed by atoms with Crippen molar-refractivity contribution in [3.63, 3.8) is 0 Å². The molecule has 0 aliphatic carbocycles. The van der Waals surface area contributed by atoms with E-state index >= 15 is 0 Å². The van der Waals surface area contributed by atoms with Crippen LogP contribution in [-0.4, -0.2) is 72.0 Å². The van der Waals surface area contributed by atoms with E-state index in [1.54, 1.807) is 0 Å². The van der Waals surface area contributed by atoms with Crippen LogP contribution in [0.25, 0.3) is 0 Å². The van der Waals surface area contributed by atoms with Crippen molar-refractivity contribution < 1.29 is 68.3 Å². The Morgan fingerprint density at radius 1 is 0.258 bits per heavy atom. The summed E-state index contributed by atoms with van der Waals surface area (Å²) in [5.41, 5.74) is 5.74. The first-order valence-electron chi connectivity index (χ1n) is 21.2. The minimum absolute atomic E-state index is 0. The van der Waals surface area contributed by atoms with Gasteiger partial charge in [0.25, 0.3) is 0 Å². The average Bonchev–Trinajstić information content (AvgIpc) is 4.11. The van der Waals surface area contributed by atoms with Gasteiger partial charge in [0.1, 0.15) is 0 Å². The predicted molar refractivity (Wildman–Crippen MR) is 247 cm³/mol. The molecule has 1 fully saturated rings. The fraction of sp³-hybridized carbons (Fsp3) is 0.259. The minimum atomic E-state index is 0. The van der Waals surface area contributed by atoms with Gasteiger partial charge in [0.2, 0.25) is 0 Å². The summed E-state index contributed by atoms with van der Waals surface area (Å²) in [6.07, 6.45) is 2.40. The van der Waals surface area contributed by atoms with Crippen LogP contribution in [0.4, 0.5) is 0 Å². The summed E-state index contributed by atoms with van der Waals surface area (Å²) in [5.74, 6) is 0. The quantitative estimate of drug-likeness (QED) is 0.111. The molecule has 1 aliphatic heterocycles. The second-order valence-electron chi connectivity index (χ2n) is 14.8. The van der Waals surface area contributed by atoms with Crippen molar-refractivity contribution in [1.82, 2.24) is 19.6 Å². The van der Waals surface area contributed by atoms with Crippen LogP contribution in [0.2, 0.25) is 0 Å². The molecule has 4 nitrogen and oxygen atoms in total. The van der Waals surface area contributed by atoms with Gasteiger partial charge in [-0.1, -0.05) is 0 Å². The van der Waals surface area contributed by atoms with Gasteiger partial charge in [-0.2, -0.15) is 121 Å². The monoisotopic (exact) mass is 992 g/mol. The van der Waals surface area contributed by atoms with E-state index in [1.807, 2.05) is 121 Å². The van der Waals surface area contributed by atoms with Crippen LogP contribution in [0, 0.1) is 0 Å². The molecule has 0 radical (unpaired) electrons. The third-order valence-electron chi connectivity index (χ3n) is 10.1. The Morgan fingerprint density at radius 2 is 0.435 bits per heavy atom. The minimum Gasteiger partial charge on any atom is -0.309 e. The molecule has 0 atom stereocenters. The summed E-state index contributed by atoms with van der Waals surface area (Å²) in [5, 5.41) is 0. The van der Waals surface area contributed by atoms with Crippen LogP contribution in [0.5, 0.6) is 0 Å². The van der Waals surface area contributed by atoms with Crippen LogP contribution in [0.15, 0.2) is 218 Å². The summed E-state index contributed by atoms with van der Waals surface area (Å²) in [6, 6.07) is 75.6. The predicted octanol–water partition coefficient (Wildman–Crippen LogP) is 11.3. The Hall–Kier alpha value is -3.28. The zero-order valence-electron chi connectivity index (χ0n) is 35.9. The van der Waals surface area contributed by atoms with Crippen molar-refractivity contribution in [3.05, 3.63) is 241 Å². The Bertz CT molecular complexity index is 1540. The molecule has 0 unspecified atom stereocenters. The molecule has 8 aromatic rings. The molecule has 1 saturated heterocycles. The van der Waals surface area contributed by atoms with Crippen LogP contribution >= 0.6 is 0 Å². The van der Waals surface area contributed by atoms with E-state index in [9.17, 15) is 0 Å². The van der Waals surface area contributed by atoms with Crippen molar-refractivity contribution in [2.75, 3.05) is 52.4 Å². The molecule has 0 saturated carbocycles. The van der Waals surface area contributed by atoms with Crippen LogP contribution in [0.3, 0.4) is 0 Å². The number of nitrogens with zero attached hydrogens (tertiary/aromatic N) is 4. The molecule has 332 valence electrons. The van der Waals surface area contributed by atoms with Gasteiger partial charge in [-0.3, -0.25) is 0 Å². The first-order valence-corrected chi connectivity index (χ1v) is 21.2. The maximum absolute atomic E-state index is 2.68. The van der Waals surface area contributed by atoms with Crippen molar-refractivity contribution in [2.24, 2.45) is 0 Å². The molecule has 1 heterocycles. The van der Waals surface area contributed by atoms with Crippen molar-refractivity contribution in [2.45, 2.75) is 39.0 Å². The molecule has 8 heteroatoms. The van der Waals surface area contributed by atoms with E-state index in [0.717, 1.165) is 78.5 Å². The third kappa shape index (κ3) is 25.7. The van der Waals surface area contributed by atoms with Crippen LogP contribution in [0.1, 0.15) is 35.1 Å². The smallest absolute Gasteiger partial charge is 0.309 e. The number of hydrogen-bond acceptors (Lipinski definition) is 4. The summed E-state index contributed by atoms with van der Waals surface area (Å²) in [6.45, 7) is 13.2. The van der Waals surface area contributed by atoms with Crippen LogP contribution in [-0.2, 0) is 94.5 Å². The SMILES string of the molecule is [Fe+2].[Fe+2].[Fe+2].[Fe+2].c1cc[c-](CN2CCCN(C[c-]3cccc3)CCN(C[c-]3cccc3)CCCN(C[c-]3cccc3)CC2)c1.c1cc[cH-]c1.c1cc[cH-]c1.c1cc[cH-]c1.c1cc[cH-]c1. The molecule has 62 heavy (non-hydrogen) atoms. The van der Waals surface area contributed by atoms with Gasteiger partial charge in [0.15, 0.2) is 0 Å². The van der Waals surface area contributed by atoms with Gasteiger partial charge in [-0.15, -0.1) is 22.3 Å². The average molecular weight is 993 g/mol. The summed E-state index contributed by atoms with van der Waals surface area (Å²) in [7, 11) is 0. The van der Waals surface area contributed by atoms with E-state index < -0.39 is 0 Å².